The number of benzene rings is 1. The van der Waals surface area contributed by atoms with Crippen molar-refractivity contribution < 1.29 is 26.3 Å². The van der Waals surface area contributed by atoms with E-state index in [1.165, 1.54) is 6.07 Å². The van der Waals surface area contributed by atoms with Gasteiger partial charge >= 0.3 is 12.4 Å². The van der Waals surface area contributed by atoms with Crippen molar-refractivity contribution in [2.75, 3.05) is 0 Å². The van der Waals surface area contributed by atoms with Gasteiger partial charge in [-0.25, -0.2) is 0 Å². The Hall–Kier alpha value is -1.70. The molecule has 0 atom stereocenters. The maximum absolute atomic E-state index is 12.9. The van der Waals surface area contributed by atoms with Crippen LogP contribution in [-0.4, -0.2) is 18.2 Å². The molecule has 20 heavy (non-hydrogen) atoms. The van der Waals surface area contributed by atoms with Crippen LogP contribution in [0.5, 0.6) is 0 Å². The van der Waals surface area contributed by atoms with Crippen LogP contribution in [0.15, 0.2) is 29.3 Å². The summed E-state index contributed by atoms with van der Waals surface area (Å²) in [5.41, 5.74) is 1.62. The van der Waals surface area contributed by atoms with Crippen LogP contribution in [0.1, 0.15) is 11.1 Å². The third-order valence-electron chi connectivity index (χ3n) is 2.24. The molecule has 0 aliphatic carbocycles. The summed E-state index contributed by atoms with van der Waals surface area (Å²) >= 11 is 4.84. The van der Waals surface area contributed by atoms with Crippen LogP contribution in [-0.2, 0) is 0 Å². The predicted octanol–water partition coefficient (Wildman–Crippen LogP) is 4.05. The summed E-state index contributed by atoms with van der Waals surface area (Å²) in [6.45, 7) is 0. The summed E-state index contributed by atoms with van der Waals surface area (Å²) in [6, 6.07) is 4.11. The number of nitrogen functional groups attached to an aromatic ring is 1. The fourth-order valence-electron chi connectivity index (χ4n) is 1.47. The summed E-state index contributed by atoms with van der Waals surface area (Å²) in [7, 11) is 0. The van der Waals surface area contributed by atoms with E-state index < -0.39 is 39.9 Å². The van der Waals surface area contributed by atoms with Crippen molar-refractivity contribution in [3.05, 3.63) is 40.4 Å². The highest BCUT2D eigenvalue weighted by molar-refractivity contribution is 6.34. The third kappa shape index (κ3) is 3.44. The van der Waals surface area contributed by atoms with Crippen LogP contribution >= 0.6 is 11.6 Å². The molecule has 0 aliphatic heterocycles. The van der Waals surface area contributed by atoms with Gasteiger partial charge in [0.25, 0.3) is 0 Å². The molecule has 0 bridgehead atoms. The molecule has 0 spiro atoms. The van der Waals surface area contributed by atoms with Crippen LogP contribution < -0.4 is 5.73 Å². The van der Waals surface area contributed by atoms with Gasteiger partial charge in [-0.15, -0.1) is 0 Å². The lowest BCUT2D eigenvalue weighted by atomic mass is 9.98. The van der Waals surface area contributed by atoms with Crippen LogP contribution in [0.4, 0.5) is 26.3 Å². The zero-order chi connectivity index (χ0) is 15.7. The number of halogens is 7. The van der Waals surface area contributed by atoms with E-state index in [1.54, 1.807) is 0 Å². The minimum absolute atomic E-state index is 0.484. The molecule has 0 aliphatic rings. The van der Waals surface area contributed by atoms with Gasteiger partial charge in [-0.05, 0) is 5.56 Å². The molecule has 1 rings (SSSR count). The highest BCUT2D eigenvalue weighted by Crippen LogP contribution is 2.44. The monoisotopic (exact) mass is 316 g/mol. The fraction of sp³-hybridized carbons (Fsp3) is 0.182. The van der Waals surface area contributed by atoms with E-state index in [0.29, 0.717) is 0 Å². The van der Waals surface area contributed by atoms with Crippen molar-refractivity contribution >= 4 is 23.0 Å². The quantitative estimate of drug-likeness (QED) is 0.483. The van der Waals surface area contributed by atoms with Crippen molar-refractivity contribution in [2.24, 2.45) is 5.73 Å². The summed E-state index contributed by atoms with van der Waals surface area (Å²) in [5, 5.41) is 4.83. The highest BCUT2D eigenvalue weighted by atomic mass is 35.5. The Morgan fingerprint density at radius 1 is 0.950 bits per heavy atom. The van der Waals surface area contributed by atoms with Gasteiger partial charge in [0.05, 0.1) is 5.57 Å². The molecule has 0 saturated heterocycles. The van der Waals surface area contributed by atoms with Gasteiger partial charge in [0.2, 0.25) is 0 Å². The van der Waals surface area contributed by atoms with E-state index in [-0.39, 0.29) is 0 Å². The second-order valence-electron chi connectivity index (χ2n) is 3.64. The Labute approximate surface area is 114 Å². The number of hydrogen-bond donors (Lipinski definition) is 2. The molecule has 2 nitrogen and oxygen atoms in total. The molecular weight excluding hydrogens is 310 g/mol. The number of amidine groups is 1. The number of nitrogens with two attached hydrogens (primary N) is 1. The Morgan fingerprint density at radius 3 is 1.75 bits per heavy atom. The van der Waals surface area contributed by atoms with E-state index >= 15 is 0 Å². The molecule has 0 heterocycles. The van der Waals surface area contributed by atoms with Gasteiger partial charge in [-0.3, -0.25) is 5.41 Å². The molecule has 0 amide bonds. The topological polar surface area (TPSA) is 49.9 Å². The Kier molecular flexibility index (Phi) is 4.38. The smallest absolute Gasteiger partial charge is 0.384 e. The molecule has 0 unspecified atom stereocenters. The first-order valence-electron chi connectivity index (χ1n) is 4.94. The number of hydrogen-bond acceptors (Lipinski definition) is 1. The molecular formula is C11H7ClF6N2. The molecule has 1 aromatic rings. The van der Waals surface area contributed by atoms with Crippen molar-refractivity contribution in [1.29, 1.82) is 5.41 Å². The van der Waals surface area contributed by atoms with Crippen LogP contribution in [0.25, 0.3) is 5.57 Å². The lowest BCUT2D eigenvalue weighted by Gasteiger charge is -2.18. The second-order valence-corrected chi connectivity index (χ2v) is 4.02. The minimum atomic E-state index is -5.36. The summed E-state index contributed by atoms with van der Waals surface area (Å²) in [6.07, 6.45) is -10.7. The number of allylic oxidation sites excluding steroid dienone is 2. The number of rotatable bonds is 2. The van der Waals surface area contributed by atoms with Gasteiger partial charge in [-0.2, -0.15) is 26.3 Å². The van der Waals surface area contributed by atoms with Crippen LogP contribution in [0.3, 0.4) is 0 Å². The normalized spacial score (nSPS) is 13.9. The van der Waals surface area contributed by atoms with E-state index in [4.69, 9.17) is 22.7 Å². The third-order valence-corrected chi connectivity index (χ3v) is 2.64. The van der Waals surface area contributed by atoms with Crippen LogP contribution in [0.2, 0.25) is 0 Å². The number of alkyl halides is 6. The average Bonchev–Trinajstić information content (AvgIpc) is 2.26. The first kappa shape index (κ1) is 16.4. The summed E-state index contributed by atoms with van der Waals surface area (Å²) < 4.78 is 76.0. The second kappa shape index (κ2) is 5.35. The Morgan fingerprint density at radius 2 is 1.40 bits per heavy atom. The molecule has 0 saturated carbocycles. The van der Waals surface area contributed by atoms with Crippen molar-refractivity contribution in [1.82, 2.24) is 0 Å². The minimum Gasteiger partial charge on any atom is -0.384 e. The molecule has 3 N–H and O–H groups in total. The summed E-state index contributed by atoms with van der Waals surface area (Å²) in [5.74, 6) is -0.797. The van der Waals surface area contributed by atoms with E-state index in [1.807, 2.05) is 0 Å². The van der Waals surface area contributed by atoms with Gasteiger partial charge in [0, 0.05) is 5.56 Å². The van der Waals surface area contributed by atoms with E-state index in [9.17, 15) is 26.3 Å². The van der Waals surface area contributed by atoms with Gasteiger partial charge in [-0.1, -0.05) is 35.9 Å². The SMILES string of the molecule is N=C(N)c1ccccc1C(=C(Cl)C(F)(F)F)C(F)(F)F. The summed E-state index contributed by atoms with van der Waals surface area (Å²) in [4.78, 5) is 0. The molecule has 0 fully saturated rings. The van der Waals surface area contributed by atoms with Gasteiger partial charge < -0.3 is 5.73 Å². The largest absolute Gasteiger partial charge is 0.427 e. The first-order valence-corrected chi connectivity index (χ1v) is 5.32. The fourth-order valence-corrected chi connectivity index (χ4v) is 1.68. The Bertz CT molecular complexity index is 559. The molecule has 110 valence electrons. The highest BCUT2D eigenvalue weighted by Gasteiger charge is 2.46. The zero-order valence-electron chi connectivity index (χ0n) is 9.53. The predicted molar refractivity (Wildman–Crippen MR) is 62.3 cm³/mol. The zero-order valence-corrected chi connectivity index (χ0v) is 10.3. The lowest BCUT2D eigenvalue weighted by molar-refractivity contribution is -0.0949. The molecule has 0 aromatic heterocycles. The molecule has 9 heteroatoms. The molecule has 0 radical (unpaired) electrons. The lowest BCUT2D eigenvalue weighted by Crippen LogP contribution is -2.22. The maximum atomic E-state index is 12.9. The van der Waals surface area contributed by atoms with Gasteiger partial charge in [0.15, 0.2) is 0 Å². The van der Waals surface area contributed by atoms with E-state index in [2.05, 4.69) is 0 Å². The van der Waals surface area contributed by atoms with Crippen LogP contribution in [0, 0.1) is 5.41 Å². The van der Waals surface area contributed by atoms with E-state index in [0.717, 1.165) is 18.2 Å². The first-order chi connectivity index (χ1) is 8.96. The van der Waals surface area contributed by atoms with Crippen molar-refractivity contribution in [3.63, 3.8) is 0 Å². The maximum Gasteiger partial charge on any atom is 0.427 e. The molecule has 1 aromatic carbocycles. The van der Waals surface area contributed by atoms with Crippen molar-refractivity contribution in [2.45, 2.75) is 12.4 Å². The van der Waals surface area contributed by atoms with Gasteiger partial charge in [0.1, 0.15) is 10.9 Å². The average molecular weight is 317 g/mol. The Balaban J connectivity index is 3.71. The standard InChI is InChI=1S/C11H7ClF6N2/c12-8(11(16,17)18)7(10(13,14)15)5-3-1-2-4-6(5)9(19)20/h1-4H,(H3,19,20). The van der Waals surface area contributed by atoms with Crippen molar-refractivity contribution in [3.8, 4) is 0 Å². The number of nitrogens with one attached hydrogen (secondary N) is 1.